The van der Waals surface area contributed by atoms with Crippen LogP contribution in [-0.2, 0) is 24.2 Å². The first-order valence-corrected chi connectivity index (χ1v) is 9.89. The SMILES string of the molecule is Cc1cccc(OCCNC(=O)Cn2cnc3sc4c(c3c2=O)CCC4)c1. The lowest BCUT2D eigenvalue weighted by atomic mass is 10.2. The summed E-state index contributed by atoms with van der Waals surface area (Å²) >= 11 is 1.60. The minimum atomic E-state index is -0.224. The van der Waals surface area contributed by atoms with Crippen LogP contribution in [0.15, 0.2) is 35.4 Å². The summed E-state index contributed by atoms with van der Waals surface area (Å²) in [5, 5.41) is 3.49. The Morgan fingerprint density at radius 2 is 2.26 bits per heavy atom. The molecule has 1 N–H and O–H groups in total. The number of hydrogen-bond donors (Lipinski definition) is 1. The van der Waals surface area contributed by atoms with E-state index >= 15 is 0 Å². The fourth-order valence-electron chi connectivity index (χ4n) is 3.41. The van der Waals surface area contributed by atoms with Gasteiger partial charge in [-0.05, 0) is 49.4 Å². The second-order valence-electron chi connectivity index (χ2n) is 6.73. The number of fused-ring (bicyclic) bond motifs is 3. The smallest absolute Gasteiger partial charge is 0.262 e. The molecular formula is C20H21N3O3S. The molecular weight excluding hydrogens is 362 g/mol. The van der Waals surface area contributed by atoms with E-state index in [1.54, 1.807) is 11.3 Å². The van der Waals surface area contributed by atoms with Crippen LogP contribution in [0.25, 0.3) is 10.2 Å². The molecule has 7 heteroatoms. The molecule has 0 saturated heterocycles. The third-order valence-corrected chi connectivity index (χ3v) is 5.89. The average molecular weight is 383 g/mol. The normalized spacial score (nSPS) is 12.9. The third kappa shape index (κ3) is 3.73. The van der Waals surface area contributed by atoms with Gasteiger partial charge in [0.25, 0.3) is 5.56 Å². The molecule has 1 aromatic carbocycles. The van der Waals surface area contributed by atoms with Gasteiger partial charge < -0.3 is 10.1 Å². The number of nitrogens with one attached hydrogen (secondary N) is 1. The fourth-order valence-corrected chi connectivity index (χ4v) is 4.63. The minimum absolute atomic E-state index is 0.0309. The number of aryl methyl sites for hydroxylation is 3. The van der Waals surface area contributed by atoms with Gasteiger partial charge >= 0.3 is 0 Å². The lowest BCUT2D eigenvalue weighted by Crippen LogP contribution is -2.34. The van der Waals surface area contributed by atoms with Crippen molar-refractivity contribution in [1.29, 1.82) is 0 Å². The maximum atomic E-state index is 12.8. The van der Waals surface area contributed by atoms with Gasteiger partial charge in [0.15, 0.2) is 0 Å². The molecule has 140 valence electrons. The zero-order valence-electron chi connectivity index (χ0n) is 15.2. The van der Waals surface area contributed by atoms with E-state index in [9.17, 15) is 9.59 Å². The summed E-state index contributed by atoms with van der Waals surface area (Å²) in [5.74, 6) is 0.555. The molecule has 1 aliphatic rings. The molecule has 0 aliphatic heterocycles. The van der Waals surface area contributed by atoms with Crippen molar-refractivity contribution in [3.8, 4) is 5.75 Å². The maximum Gasteiger partial charge on any atom is 0.262 e. The van der Waals surface area contributed by atoms with Gasteiger partial charge in [-0.15, -0.1) is 11.3 Å². The van der Waals surface area contributed by atoms with Crippen molar-refractivity contribution in [2.24, 2.45) is 0 Å². The van der Waals surface area contributed by atoms with Crippen molar-refractivity contribution >= 4 is 27.5 Å². The Hall–Kier alpha value is -2.67. The van der Waals surface area contributed by atoms with Crippen molar-refractivity contribution in [3.63, 3.8) is 0 Å². The quantitative estimate of drug-likeness (QED) is 0.664. The Bertz CT molecular complexity index is 1050. The molecule has 0 saturated carbocycles. The van der Waals surface area contributed by atoms with E-state index in [0.29, 0.717) is 18.5 Å². The molecule has 0 atom stereocenters. The Balaban J connectivity index is 1.35. The second-order valence-corrected chi connectivity index (χ2v) is 7.81. The molecule has 0 spiro atoms. The Morgan fingerprint density at radius 1 is 1.37 bits per heavy atom. The highest BCUT2D eigenvalue weighted by Gasteiger charge is 2.21. The topological polar surface area (TPSA) is 73.2 Å². The average Bonchev–Trinajstić information content (AvgIpc) is 3.22. The molecule has 0 bridgehead atoms. The van der Waals surface area contributed by atoms with Gasteiger partial charge in [-0.25, -0.2) is 4.98 Å². The number of nitrogens with zero attached hydrogens (tertiary/aromatic N) is 2. The van der Waals surface area contributed by atoms with E-state index < -0.39 is 0 Å². The number of hydrogen-bond acceptors (Lipinski definition) is 5. The molecule has 3 aromatic rings. The molecule has 27 heavy (non-hydrogen) atoms. The summed E-state index contributed by atoms with van der Waals surface area (Å²) in [7, 11) is 0. The van der Waals surface area contributed by atoms with Crippen LogP contribution in [-0.4, -0.2) is 28.6 Å². The van der Waals surface area contributed by atoms with Crippen LogP contribution in [0.2, 0.25) is 0 Å². The minimum Gasteiger partial charge on any atom is -0.492 e. The van der Waals surface area contributed by atoms with E-state index in [2.05, 4.69) is 10.3 Å². The van der Waals surface area contributed by atoms with Crippen molar-refractivity contribution in [1.82, 2.24) is 14.9 Å². The summed E-state index contributed by atoms with van der Waals surface area (Å²) in [5.41, 5.74) is 2.14. The number of aromatic nitrogens is 2. The molecule has 1 aliphatic carbocycles. The molecule has 0 unspecified atom stereocenters. The van der Waals surface area contributed by atoms with Crippen LogP contribution in [0.1, 0.15) is 22.4 Å². The molecule has 2 heterocycles. The highest BCUT2D eigenvalue weighted by atomic mass is 32.1. The van der Waals surface area contributed by atoms with Crippen molar-refractivity contribution in [2.75, 3.05) is 13.2 Å². The number of thiophene rings is 1. The van der Waals surface area contributed by atoms with Crippen molar-refractivity contribution in [2.45, 2.75) is 32.7 Å². The highest BCUT2D eigenvalue weighted by Crippen LogP contribution is 2.34. The Labute approximate surface area is 160 Å². The van der Waals surface area contributed by atoms with Crippen LogP contribution >= 0.6 is 11.3 Å². The van der Waals surface area contributed by atoms with Crippen LogP contribution in [0.4, 0.5) is 0 Å². The highest BCUT2D eigenvalue weighted by molar-refractivity contribution is 7.18. The predicted octanol–water partition coefficient (Wildman–Crippen LogP) is 2.45. The summed E-state index contributed by atoms with van der Waals surface area (Å²) in [4.78, 5) is 31.4. The number of carbonyl (C=O) groups is 1. The molecule has 2 aromatic heterocycles. The van der Waals surface area contributed by atoms with Gasteiger partial charge in [0.1, 0.15) is 23.7 Å². The zero-order chi connectivity index (χ0) is 18.8. The number of carbonyl (C=O) groups excluding carboxylic acids is 1. The second kappa shape index (κ2) is 7.52. The number of amides is 1. The van der Waals surface area contributed by atoms with Crippen LogP contribution < -0.4 is 15.6 Å². The molecule has 0 radical (unpaired) electrons. The summed E-state index contributed by atoms with van der Waals surface area (Å²) in [6.45, 7) is 2.72. The summed E-state index contributed by atoms with van der Waals surface area (Å²) in [6.07, 6.45) is 4.52. The molecule has 6 nitrogen and oxygen atoms in total. The fraction of sp³-hybridized carbons (Fsp3) is 0.350. The van der Waals surface area contributed by atoms with E-state index in [-0.39, 0.29) is 18.0 Å². The predicted molar refractivity (Wildman–Crippen MR) is 106 cm³/mol. The van der Waals surface area contributed by atoms with Gasteiger partial charge in [0.05, 0.1) is 18.3 Å². The van der Waals surface area contributed by atoms with E-state index in [4.69, 9.17) is 4.74 Å². The van der Waals surface area contributed by atoms with Crippen molar-refractivity contribution in [3.05, 3.63) is 57.0 Å². The maximum absolute atomic E-state index is 12.8. The zero-order valence-corrected chi connectivity index (χ0v) is 16.0. The van der Waals surface area contributed by atoms with E-state index in [1.165, 1.54) is 15.8 Å². The molecule has 1 amide bonds. The van der Waals surface area contributed by atoms with Crippen LogP contribution in [0.3, 0.4) is 0 Å². The van der Waals surface area contributed by atoms with Gasteiger partial charge in [0.2, 0.25) is 5.91 Å². The monoisotopic (exact) mass is 383 g/mol. The van der Waals surface area contributed by atoms with Gasteiger partial charge in [-0.2, -0.15) is 0 Å². The summed E-state index contributed by atoms with van der Waals surface area (Å²) in [6, 6.07) is 7.76. The first-order valence-electron chi connectivity index (χ1n) is 9.07. The van der Waals surface area contributed by atoms with E-state index in [0.717, 1.165) is 41.0 Å². The van der Waals surface area contributed by atoms with Crippen LogP contribution in [0, 0.1) is 6.92 Å². The van der Waals surface area contributed by atoms with Crippen LogP contribution in [0.5, 0.6) is 5.75 Å². The molecule has 0 fully saturated rings. The Morgan fingerprint density at radius 3 is 3.11 bits per heavy atom. The van der Waals surface area contributed by atoms with Crippen molar-refractivity contribution < 1.29 is 9.53 Å². The lowest BCUT2D eigenvalue weighted by molar-refractivity contribution is -0.121. The van der Waals surface area contributed by atoms with E-state index in [1.807, 2.05) is 31.2 Å². The third-order valence-electron chi connectivity index (χ3n) is 4.69. The standard InChI is InChI=1S/C20H21N3O3S/c1-13-4-2-5-14(10-13)26-9-8-21-17(24)11-23-12-22-19-18(20(23)25)15-6-3-7-16(15)27-19/h2,4-5,10,12H,3,6-9,11H2,1H3,(H,21,24). The van der Waals surface area contributed by atoms with Gasteiger partial charge in [0, 0.05) is 4.88 Å². The molecule has 4 rings (SSSR count). The Kier molecular flexibility index (Phi) is 4.94. The number of ether oxygens (including phenoxy) is 1. The lowest BCUT2D eigenvalue weighted by Gasteiger charge is -2.09. The number of benzene rings is 1. The first-order chi connectivity index (χ1) is 13.1. The first kappa shape index (κ1) is 17.7. The van der Waals surface area contributed by atoms with Gasteiger partial charge in [-0.1, -0.05) is 12.1 Å². The van der Waals surface area contributed by atoms with Gasteiger partial charge in [-0.3, -0.25) is 14.2 Å². The number of rotatable bonds is 6. The summed E-state index contributed by atoms with van der Waals surface area (Å²) < 4.78 is 7.01. The largest absolute Gasteiger partial charge is 0.492 e.